The van der Waals surface area contributed by atoms with Crippen LogP contribution in [-0.2, 0) is 0 Å². The molecule has 9 rings (SSSR count). The van der Waals surface area contributed by atoms with Crippen molar-refractivity contribution in [1.29, 1.82) is 0 Å². The maximum Gasteiger partial charge on any atom is 0.166 e. The minimum atomic E-state index is -0.699. The SMILES string of the molecule is [2H]c1c([2H])c([2H])c(-c2c([2H])c([2H])c3c(c2[2H])c2c([2H])c([2H])c([2H])c([2H])c2n3-c2cccc(-c3ccccc3)c2-c2nc(-c3ccccc3)nc(-c3ccccc3)n2)c([2H])c1[2H]. The predicted molar refractivity (Wildman–Crippen MR) is 201 cm³/mol. The first-order valence-corrected chi connectivity index (χ1v) is 15.5. The van der Waals surface area contributed by atoms with E-state index in [1.54, 1.807) is 12.1 Å². The van der Waals surface area contributed by atoms with Crippen LogP contribution in [0, 0.1) is 0 Å². The fourth-order valence-electron chi connectivity index (χ4n) is 6.00. The van der Waals surface area contributed by atoms with Crippen molar-refractivity contribution in [2.45, 2.75) is 0 Å². The molecule has 9 aromatic rings. The molecule has 4 heteroatoms. The fraction of sp³-hybridized carbons (Fsp3) is 0. The highest BCUT2D eigenvalue weighted by molar-refractivity contribution is 6.11. The standard InChI is InChI=1S/C45H30N4/c1-5-16-31(17-6-1)35-28-29-40-38(30-35)37-24-13-14-26-39(37)49(40)41-27-15-25-36(32-18-7-2-8-19-32)42(41)45-47-43(33-20-9-3-10-21-33)46-44(48-45)34-22-11-4-12-23-34/h1-30H/i1D,5D,6D,13D,14D,16D,17D,24D,26D,28D,29D,30D. The molecule has 0 spiro atoms. The molecule has 230 valence electrons. The summed E-state index contributed by atoms with van der Waals surface area (Å²) < 4.78 is 108. The molecule has 4 nitrogen and oxygen atoms in total. The molecular weight excluding hydrogens is 597 g/mol. The predicted octanol–water partition coefficient (Wildman–Crippen LogP) is 11.3. The molecule has 0 atom stereocenters. The van der Waals surface area contributed by atoms with Gasteiger partial charge in [0.15, 0.2) is 17.5 Å². The van der Waals surface area contributed by atoms with E-state index in [4.69, 9.17) is 24.5 Å². The molecule has 0 saturated carbocycles. The van der Waals surface area contributed by atoms with Crippen LogP contribution in [0.1, 0.15) is 16.4 Å². The third-order valence-corrected chi connectivity index (χ3v) is 8.20. The molecule has 0 N–H and O–H groups in total. The van der Waals surface area contributed by atoms with Gasteiger partial charge in [-0.25, -0.2) is 15.0 Å². The number of fused-ring (bicyclic) bond motifs is 3. The molecule has 49 heavy (non-hydrogen) atoms. The van der Waals surface area contributed by atoms with Gasteiger partial charge in [0.1, 0.15) is 0 Å². The van der Waals surface area contributed by atoms with E-state index in [0.29, 0.717) is 33.9 Å². The van der Waals surface area contributed by atoms with Crippen LogP contribution in [0.4, 0.5) is 0 Å². The molecule has 0 fully saturated rings. The van der Waals surface area contributed by atoms with E-state index in [2.05, 4.69) is 0 Å². The quantitative estimate of drug-likeness (QED) is 0.182. The molecule has 0 saturated heterocycles. The van der Waals surface area contributed by atoms with Gasteiger partial charge in [-0.05, 0) is 46.4 Å². The molecule has 0 bridgehead atoms. The first-order chi connectivity index (χ1) is 29.3. The van der Waals surface area contributed by atoms with E-state index in [9.17, 15) is 6.85 Å². The molecule has 2 aromatic heterocycles. The van der Waals surface area contributed by atoms with Gasteiger partial charge >= 0.3 is 0 Å². The van der Waals surface area contributed by atoms with Gasteiger partial charge in [-0.3, -0.25) is 0 Å². The lowest BCUT2D eigenvalue weighted by Gasteiger charge is -2.18. The second kappa shape index (κ2) is 12.2. The van der Waals surface area contributed by atoms with Crippen molar-refractivity contribution in [2.24, 2.45) is 0 Å². The zero-order valence-corrected chi connectivity index (χ0v) is 25.7. The Balaban J connectivity index is 1.49. The summed E-state index contributed by atoms with van der Waals surface area (Å²) in [7, 11) is 0. The maximum atomic E-state index is 9.65. The van der Waals surface area contributed by atoms with Gasteiger partial charge in [0.25, 0.3) is 0 Å². The first-order valence-electron chi connectivity index (χ1n) is 21.5. The average molecular weight is 639 g/mol. The van der Waals surface area contributed by atoms with Crippen LogP contribution in [-0.4, -0.2) is 19.5 Å². The average Bonchev–Trinajstić information content (AvgIpc) is 3.66. The van der Waals surface area contributed by atoms with Crippen LogP contribution < -0.4 is 0 Å². The van der Waals surface area contributed by atoms with Gasteiger partial charge in [0.05, 0.1) is 38.7 Å². The molecule has 2 heterocycles. The fourth-order valence-corrected chi connectivity index (χ4v) is 6.00. The summed E-state index contributed by atoms with van der Waals surface area (Å²) in [6, 6.07) is 25.9. The summed E-state index contributed by atoms with van der Waals surface area (Å²) in [4.78, 5) is 15.0. The molecule has 0 unspecified atom stereocenters. The summed E-state index contributed by atoms with van der Waals surface area (Å²) in [6.07, 6.45) is 0. The minimum absolute atomic E-state index is 0.118. The van der Waals surface area contributed by atoms with Gasteiger partial charge < -0.3 is 4.57 Å². The highest BCUT2D eigenvalue weighted by atomic mass is 15.1. The third kappa shape index (κ3) is 5.16. The monoisotopic (exact) mass is 638 g/mol. The summed E-state index contributed by atoms with van der Waals surface area (Å²) in [6.45, 7) is 0. The van der Waals surface area contributed by atoms with E-state index in [1.165, 1.54) is 4.57 Å². The van der Waals surface area contributed by atoms with Crippen LogP contribution in [0.5, 0.6) is 0 Å². The smallest absolute Gasteiger partial charge is 0.166 e. The highest BCUT2D eigenvalue weighted by Gasteiger charge is 2.22. The van der Waals surface area contributed by atoms with Crippen molar-refractivity contribution in [3.63, 3.8) is 0 Å². The lowest BCUT2D eigenvalue weighted by Crippen LogP contribution is -2.05. The molecule has 7 aromatic carbocycles. The highest BCUT2D eigenvalue weighted by Crippen LogP contribution is 2.41. The van der Waals surface area contributed by atoms with Crippen LogP contribution in [0.25, 0.3) is 83.9 Å². The Kier molecular flexibility index (Phi) is 4.63. The zero-order valence-electron chi connectivity index (χ0n) is 37.7. The first kappa shape index (κ1) is 18.6. The molecule has 0 aliphatic carbocycles. The number of para-hydroxylation sites is 1. The second-order valence-corrected chi connectivity index (χ2v) is 11.1. The van der Waals surface area contributed by atoms with Gasteiger partial charge in [-0.1, -0.05) is 158 Å². The van der Waals surface area contributed by atoms with E-state index in [-0.39, 0.29) is 33.3 Å². The minimum Gasteiger partial charge on any atom is -0.308 e. The number of aromatic nitrogens is 4. The van der Waals surface area contributed by atoms with Crippen molar-refractivity contribution in [3.05, 3.63) is 182 Å². The number of rotatable bonds is 6. The molecular formula is C45H30N4. The Morgan fingerprint density at radius 2 is 0.980 bits per heavy atom. The van der Waals surface area contributed by atoms with Gasteiger partial charge in [-0.15, -0.1) is 0 Å². The maximum absolute atomic E-state index is 9.65. The summed E-state index contributed by atoms with van der Waals surface area (Å²) in [5.41, 5.74) is 2.18. The normalized spacial score (nSPS) is 14.7. The molecule has 0 amide bonds. The van der Waals surface area contributed by atoms with Gasteiger partial charge in [0.2, 0.25) is 0 Å². The topological polar surface area (TPSA) is 43.6 Å². The zero-order chi connectivity index (χ0) is 43.0. The Labute approximate surface area is 301 Å². The van der Waals surface area contributed by atoms with E-state index < -0.39 is 83.6 Å². The van der Waals surface area contributed by atoms with Crippen LogP contribution in [0.15, 0.2) is 182 Å². The van der Waals surface area contributed by atoms with E-state index in [0.717, 1.165) is 5.56 Å². The Bertz CT molecular complexity index is 3180. The molecule has 0 aliphatic rings. The largest absolute Gasteiger partial charge is 0.308 e. The van der Waals surface area contributed by atoms with Gasteiger partial charge in [0, 0.05) is 21.9 Å². The molecule has 0 aliphatic heterocycles. The Hall–Kier alpha value is -6.65. The summed E-state index contributed by atoms with van der Waals surface area (Å²) in [5, 5.41) is -0.332. The Morgan fingerprint density at radius 1 is 0.408 bits per heavy atom. The summed E-state index contributed by atoms with van der Waals surface area (Å²) in [5.74, 6) is 0.861. The van der Waals surface area contributed by atoms with Crippen molar-refractivity contribution < 1.29 is 16.4 Å². The van der Waals surface area contributed by atoms with Crippen molar-refractivity contribution in [2.75, 3.05) is 0 Å². The number of hydrogen-bond acceptors (Lipinski definition) is 3. The van der Waals surface area contributed by atoms with Crippen LogP contribution >= 0.6 is 0 Å². The van der Waals surface area contributed by atoms with Crippen molar-refractivity contribution in [1.82, 2.24) is 19.5 Å². The summed E-state index contributed by atoms with van der Waals surface area (Å²) >= 11 is 0. The van der Waals surface area contributed by atoms with Crippen LogP contribution in [0.2, 0.25) is 0 Å². The second-order valence-electron chi connectivity index (χ2n) is 11.1. The number of nitrogens with zero attached hydrogens (tertiary/aromatic N) is 4. The lowest BCUT2D eigenvalue weighted by molar-refractivity contribution is 1.06. The number of benzene rings is 7. The molecule has 0 radical (unpaired) electrons. The van der Waals surface area contributed by atoms with E-state index >= 15 is 0 Å². The third-order valence-electron chi connectivity index (χ3n) is 8.20. The van der Waals surface area contributed by atoms with Crippen LogP contribution in [0.3, 0.4) is 0 Å². The van der Waals surface area contributed by atoms with E-state index in [1.807, 2.05) is 97.1 Å². The lowest BCUT2D eigenvalue weighted by atomic mass is 9.97. The van der Waals surface area contributed by atoms with Crippen molar-refractivity contribution in [3.8, 4) is 62.1 Å². The number of hydrogen-bond donors (Lipinski definition) is 0. The Morgan fingerprint density at radius 3 is 1.65 bits per heavy atom. The van der Waals surface area contributed by atoms with Gasteiger partial charge in [-0.2, -0.15) is 0 Å². The van der Waals surface area contributed by atoms with Crippen molar-refractivity contribution >= 4 is 21.8 Å².